The smallest absolute Gasteiger partial charge is 0.0202 e. The van der Waals surface area contributed by atoms with Crippen molar-refractivity contribution in [2.75, 3.05) is 0 Å². The van der Waals surface area contributed by atoms with Crippen molar-refractivity contribution in [2.45, 2.75) is 80.1 Å². The molecule has 0 nitrogen and oxygen atoms in total. The molecule has 0 aromatic heterocycles. The SMILES string of the molecule is CCCC1(C)C2CCC3(C)C(CCC3(C)C)C21C. The molecule has 3 fully saturated rings. The van der Waals surface area contributed by atoms with Crippen LogP contribution in [0.3, 0.4) is 0 Å². The van der Waals surface area contributed by atoms with Crippen LogP contribution in [0.25, 0.3) is 0 Å². The van der Waals surface area contributed by atoms with Crippen LogP contribution in [0.5, 0.6) is 0 Å². The normalized spacial score (nSPS) is 57.0. The third-order valence-corrected chi connectivity index (χ3v) is 8.46. The standard InChI is InChI=1S/C18H32/c1-7-10-17(5)14-9-12-16(4)13(18(14,17)6)8-11-15(16,2)3/h13-14H,7-12H2,1-6H3. The molecule has 3 aliphatic carbocycles. The monoisotopic (exact) mass is 248 g/mol. The van der Waals surface area contributed by atoms with E-state index in [1.807, 2.05) is 0 Å². The lowest BCUT2D eigenvalue weighted by molar-refractivity contribution is 0.00134. The van der Waals surface area contributed by atoms with Crippen molar-refractivity contribution < 1.29 is 0 Å². The first-order chi connectivity index (χ1) is 8.24. The number of hydrogen-bond donors (Lipinski definition) is 0. The maximum absolute atomic E-state index is 2.65. The molecule has 3 rings (SSSR count). The Balaban J connectivity index is 1.97. The molecule has 18 heavy (non-hydrogen) atoms. The van der Waals surface area contributed by atoms with E-state index in [0.29, 0.717) is 21.7 Å². The van der Waals surface area contributed by atoms with Gasteiger partial charge in [0.15, 0.2) is 0 Å². The largest absolute Gasteiger partial charge is 0.0654 e. The zero-order valence-electron chi connectivity index (χ0n) is 13.4. The van der Waals surface area contributed by atoms with Crippen LogP contribution >= 0.6 is 0 Å². The van der Waals surface area contributed by atoms with Gasteiger partial charge >= 0.3 is 0 Å². The van der Waals surface area contributed by atoms with Gasteiger partial charge in [-0.2, -0.15) is 0 Å². The van der Waals surface area contributed by atoms with Crippen LogP contribution < -0.4 is 0 Å². The Morgan fingerprint density at radius 1 is 0.889 bits per heavy atom. The van der Waals surface area contributed by atoms with Crippen LogP contribution in [0, 0.1) is 33.5 Å². The summed E-state index contributed by atoms with van der Waals surface area (Å²) in [5, 5.41) is 0. The molecule has 0 radical (unpaired) electrons. The molecule has 0 heterocycles. The third kappa shape index (κ3) is 1.15. The van der Waals surface area contributed by atoms with E-state index in [4.69, 9.17) is 0 Å². The summed E-state index contributed by atoms with van der Waals surface area (Å²) in [6.07, 6.45) is 8.78. The molecule has 5 unspecified atom stereocenters. The first-order valence-corrected chi connectivity index (χ1v) is 8.24. The van der Waals surface area contributed by atoms with Gasteiger partial charge in [-0.05, 0) is 65.6 Å². The van der Waals surface area contributed by atoms with Crippen molar-refractivity contribution in [3.8, 4) is 0 Å². The molecule has 0 aromatic rings. The summed E-state index contributed by atoms with van der Waals surface area (Å²) in [6, 6.07) is 0. The van der Waals surface area contributed by atoms with Gasteiger partial charge in [0.25, 0.3) is 0 Å². The molecule has 0 heteroatoms. The fraction of sp³-hybridized carbons (Fsp3) is 1.00. The summed E-state index contributed by atoms with van der Waals surface area (Å²) < 4.78 is 0. The Kier molecular flexibility index (Phi) is 2.43. The highest BCUT2D eigenvalue weighted by Crippen LogP contribution is 2.84. The quantitative estimate of drug-likeness (QED) is 0.591. The molecule has 3 aliphatic rings. The van der Waals surface area contributed by atoms with Gasteiger partial charge in [0.1, 0.15) is 0 Å². The minimum atomic E-state index is 0.571. The second kappa shape index (κ2) is 3.36. The Labute approximate surface area is 114 Å². The average Bonchev–Trinajstić information content (AvgIpc) is 2.60. The summed E-state index contributed by atoms with van der Waals surface area (Å²) in [6.45, 7) is 15.3. The third-order valence-electron chi connectivity index (χ3n) is 8.46. The van der Waals surface area contributed by atoms with Gasteiger partial charge in [0.05, 0.1) is 0 Å². The van der Waals surface area contributed by atoms with E-state index in [-0.39, 0.29) is 0 Å². The number of hydrogen-bond acceptors (Lipinski definition) is 0. The average molecular weight is 248 g/mol. The van der Waals surface area contributed by atoms with Gasteiger partial charge in [0.2, 0.25) is 0 Å². The van der Waals surface area contributed by atoms with Crippen molar-refractivity contribution in [1.29, 1.82) is 0 Å². The van der Waals surface area contributed by atoms with Crippen LogP contribution in [-0.4, -0.2) is 0 Å². The van der Waals surface area contributed by atoms with Crippen LogP contribution in [0.15, 0.2) is 0 Å². The van der Waals surface area contributed by atoms with Crippen molar-refractivity contribution >= 4 is 0 Å². The number of rotatable bonds is 2. The molecule has 0 amide bonds. The van der Waals surface area contributed by atoms with Gasteiger partial charge in [-0.1, -0.05) is 48.0 Å². The topological polar surface area (TPSA) is 0 Å². The van der Waals surface area contributed by atoms with E-state index in [1.54, 1.807) is 0 Å². The van der Waals surface area contributed by atoms with Gasteiger partial charge < -0.3 is 0 Å². The summed E-state index contributed by atoms with van der Waals surface area (Å²) >= 11 is 0. The van der Waals surface area contributed by atoms with Gasteiger partial charge in [0, 0.05) is 0 Å². The summed E-state index contributed by atoms with van der Waals surface area (Å²) in [5.41, 5.74) is 2.53. The second-order valence-electron chi connectivity index (χ2n) is 8.93. The lowest BCUT2D eigenvalue weighted by Gasteiger charge is -2.48. The van der Waals surface area contributed by atoms with Crippen LogP contribution in [0.1, 0.15) is 80.1 Å². The van der Waals surface area contributed by atoms with Crippen molar-refractivity contribution in [2.24, 2.45) is 33.5 Å². The molecule has 0 bridgehead atoms. The number of fused-ring (bicyclic) bond motifs is 3. The molecule has 0 N–H and O–H groups in total. The van der Waals surface area contributed by atoms with E-state index in [9.17, 15) is 0 Å². The van der Waals surface area contributed by atoms with E-state index in [1.165, 1.54) is 38.5 Å². The van der Waals surface area contributed by atoms with E-state index < -0.39 is 0 Å². The predicted octanol–water partition coefficient (Wildman–Crippen LogP) is 5.67. The Bertz CT molecular complexity index is 368. The van der Waals surface area contributed by atoms with Crippen LogP contribution in [-0.2, 0) is 0 Å². The first kappa shape index (κ1) is 13.0. The molecule has 0 spiro atoms. The maximum atomic E-state index is 2.65. The fourth-order valence-corrected chi connectivity index (χ4v) is 6.74. The second-order valence-corrected chi connectivity index (χ2v) is 8.93. The lowest BCUT2D eigenvalue weighted by atomic mass is 9.56. The minimum absolute atomic E-state index is 0.571. The summed E-state index contributed by atoms with van der Waals surface area (Å²) in [7, 11) is 0. The lowest BCUT2D eigenvalue weighted by Crippen LogP contribution is -2.41. The Morgan fingerprint density at radius 2 is 1.50 bits per heavy atom. The molecule has 5 atom stereocenters. The first-order valence-electron chi connectivity index (χ1n) is 8.24. The predicted molar refractivity (Wildman–Crippen MR) is 78.5 cm³/mol. The van der Waals surface area contributed by atoms with Crippen molar-refractivity contribution in [3.05, 3.63) is 0 Å². The highest BCUT2D eigenvalue weighted by atomic mass is 14.8. The zero-order valence-corrected chi connectivity index (χ0v) is 13.4. The molecule has 0 aliphatic heterocycles. The Morgan fingerprint density at radius 3 is 2.11 bits per heavy atom. The molecular formula is C18H32. The van der Waals surface area contributed by atoms with Crippen LogP contribution in [0.2, 0.25) is 0 Å². The highest BCUT2D eigenvalue weighted by Gasteiger charge is 2.78. The van der Waals surface area contributed by atoms with Gasteiger partial charge in [-0.25, -0.2) is 0 Å². The molecule has 3 saturated carbocycles. The van der Waals surface area contributed by atoms with Crippen molar-refractivity contribution in [1.82, 2.24) is 0 Å². The summed E-state index contributed by atoms with van der Waals surface area (Å²) in [4.78, 5) is 0. The van der Waals surface area contributed by atoms with E-state index in [2.05, 4.69) is 41.5 Å². The highest BCUT2D eigenvalue weighted by molar-refractivity contribution is 5.26. The van der Waals surface area contributed by atoms with Crippen LogP contribution in [0.4, 0.5) is 0 Å². The molecule has 0 saturated heterocycles. The van der Waals surface area contributed by atoms with Crippen molar-refractivity contribution in [3.63, 3.8) is 0 Å². The summed E-state index contributed by atoms with van der Waals surface area (Å²) in [5.74, 6) is 2.03. The van der Waals surface area contributed by atoms with Gasteiger partial charge in [-0.3, -0.25) is 0 Å². The molecule has 104 valence electrons. The van der Waals surface area contributed by atoms with E-state index >= 15 is 0 Å². The maximum Gasteiger partial charge on any atom is -0.0202 e. The molecular weight excluding hydrogens is 216 g/mol. The Hall–Kier alpha value is 0. The zero-order chi connectivity index (χ0) is 13.4. The minimum Gasteiger partial charge on any atom is -0.0654 e. The van der Waals surface area contributed by atoms with E-state index in [0.717, 1.165) is 11.8 Å². The molecule has 0 aromatic carbocycles. The van der Waals surface area contributed by atoms with Gasteiger partial charge in [-0.15, -0.1) is 0 Å². The fourth-order valence-electron chi connectivity index (χ4n) is 6.74.